The molecule has 0 saturated carbocycles. The van der Waals surface area contributed by atoms with E-state index in [9.17, 15) is 49.2 Å². The van der Waals surface area contributed by atoms with Gasteiger partial charge in [0.25, 0.3) is 11.8 Å². The number of hydrogen-bond acceptors (Lipinski definition) is 19. The SMILES string of the molecule is CCCCCNc1nc(N)nc2ccn(Cc3ccc(CN4CCN(C(=O)OCC5(O)C(O)COC(Oc6cccc(NC(=O)C(C)(CC)NC(=O)CCOCCN7C(=O)C=CC7=O)c6)(C(=O)O)C5O)CC4)cc3OC)c12. The Morgan fingerprint density at radius 1 is 0.961 bits per heavy atom. The Balaban J connectivity index is 0.902. The van der Waals surface area contributed by atoms with E-state index in [1.54, 1.807) is 14.0 Å². The quantitative estimate of drug-likeness (QED) is 0.0347. The van der Waals surface area contributed by atoms with Crippen LogP contribution < -0.4 is 31.2 Å². The zero-order valence-corrected chi connectivity index (χ0v) is 43.6. The summed E-state index contributed by atoms with van der Waals surface area (Å²) in [5.74, 6) is -5.72. The number of nitrogens with two attached hydrogens (primary N) is 1. The van der Waals surface area contributed by atoms with E-state index in [4.69, 9.17) is 29.4 Å². The van der Waals surface area contributed by atoms with Crippen molar-refractivity contribution >= 4 is 64.2 Å². The van der Waals surface area contributed by atoms with Crippen LogP contribution in [0.4, 0.5) is 22.2 Å². The summed E-state index contributed by atoms with van der Waals surface area (Å²) in [4.78, 5) is 89.6. The number of carbonyl (C=O) groups excluding carboxylic acids is 5. The van der Waals surface area contributed by atoms with Crippen LogP contribution in [0.1, 0.15) is 64.0 Å². The van der Waals surface area contributed by atoms with Crippen molar-refractivity contribution in [1.82, 2.24) is 34.6 Å². The number of rotatable bonds is 25. The number of nitrogens with one attached hydrogen (secondary N) is 3. The average Bonchev–Trinajstić information content (AvgIpc) is 3.97. The summed E-state index contributed by atoms with van der Waals surface area (Å²) in [6, 6.07) is 13.3. The highest BCUT2D eigenvalue weighted by Gasteiger charge is 2.65. The molecule has 2 saturated heterocycles. The van der Waals surface area contributed by atoms with Crippen LogP contribution in [-0.4, -0.2) is 187 Å². The number of carbonyl (C=O) groups is 6. The number of nitrogen functional groups attached to an aromatic ring is 1. The van der Waals surface area contributed by atoms with Crippen LogP contribution >= 0.6 is 0 Å². The number of carboxylic acid groups (broad SMARTS) is 1. The van der Waals surface area contributed by atoms with Crippen molar-refractivity contribution in [3.8, 4) is 11.5 Å². The lowest BCUT2D eigenvalue weighted by Gasteiger charge is -2.48. The summed E-state index contributed by atoms with van der Waals surface area (Å²) in [7, 11) is 1.61. The van der Waals surface area contributed by atoms with Gasteiger partial charge in [0.1, 0.15) is 35.3 Å². The fourth-order valence-corrected chi connectivity index (χ4v) is 9.03. The molecule has 416 valence electrons. The summed E-state index contributed by atoms with van der Waals surface area (Å²) in [6.45, 7) is 6.50. The standard InChI is InChI=1S/C52H68N10O15/c1-5-7-8-18-54-44-43-37(56-48(53)57-44)16-19-61(43)30-34-13-12-33(27-38(34)73-4)29-59-20-22-60(23-21-59)49(71)75-32-51(72)39(63)31-76-52(45(51)67,47(69)70)77-36-11-9-10-35(28-36)55-46(68)50(3,6-2)58-40(64)17-25-74-26-24-62-41(65)14-15-42(62)66/h9-16,19,27-28,39,45,63,67,72H,5-8,17-18,20-26,29-32H2,1-4H3,(H,55,68)(H,58,64)(H,69,70)(H3,53,54,56,57). The van der Waals surface area contributed by atoms with Gasteiger partial charge in [-0.25, -0.2) is 14.6 Å². The lowest BCUT2D eigenvalue weighted by Crippen LogP contribution is -2.74. The fourth-order valence-electron chi connectivity index (χ4n) is 9.03. The summed E-state index contributed by atoms with van der Waals surface area (Å²) < 4.78 is 29.9. The topological polar surface area (TPSA) is 332 Å². The lowest BCUT2D eigenvalue weighted by atomic mass is 9.83. The van der Waals surface area contributed by atoms with Gasteiger partial charge in [0, 0.05) is 81.4 Å². The number of aliphatic hydroxyl groups excluding tert-OH is 2. The number of fused-ring (bicyclic) bond motifs is 1. The van der Waals surface area contributed by atoms with Gasteiger partial charge in [-0.2, -0.15) is 4.98 Å². The molecule has 2 fully saturated rings. The minimum Gasteiger partial charge on any atom is -0.496 e. The molecule has 25 nitrogen and oxygen atoms in total. The number of nitrogens with zero attached hydrogens (tertiary/aromatic N) is 6. The van der Waals surface area contributed by atoms with Crippen LogP contribution in [0.3, 0.4) is 0 Å². The molecule has 77 heavy (non-hydrogen) atoms. The van der Waals surface area contributed by atoms with Gasteiger partial charge in [0.2, 0.25) is 17.8 Å². The van der Waals surface area contributed by atoms with E-state index in [0.717, 1.165) is 65.0 Å². The van der Waals surface area contributed by atoms with Gasteiger partial charge >= 0.3 is 17.8 Å². The first-order valence-corrected chi connectivity index (χ1v) is 25.5. The molecule has 0 radical (unpaired) electrons. The third-order valence-electron chi connectivity index (χ3n) is 13.8. The average molecular weight is 1070 g/mol. The highest BCUT2D eigenvalue weighted by atomic mass is 16.7. The monoisotopic (exact) mass is 1070 g/mol. The molecule has 9 N–H and O–H groups in total. The minimum atomic E-state index is -3.05. The molecule has 7 rings (SSSR count). The number of methoxy groups -OCH3 is 1. The van der Waals surface area contributed by atoms with Crippen molar-refractivity contribution in [3.63, 3.8) is 0 Å². The fraction of sp³-hybridized carbons (Fsp3) is 0.500. The third kappa shape index (κ3) is 13.4. The van der Waals surface area contributed by atoms with E-state index < -0.39 is 78.0 Å². The van der Waals surface area contributed by atoms with Gasteiger partial charge in [-0.15, -0.1) is 0 Å². The summed E-state index contributed by atoms with van der Waals surface area (Å²) >= 11 is 0. The van der Waals surface area contributed by atoms with Crippen LogP contribution in [0.5, 0.6) is 11.5 Å². The normalized spacial score (nSPS) is 21.4. The number of hydrogen-bond donors (Lipinski definition) is 8. The number of piperazine rings is 1. The Morgan fingerprint density at radius 3 is 2.42 bits per heavy atom. The number of benzene rings is 2. The van der Waals surface area contributed by atoms with Gasteiger partial charge in [0.05, 0.1) is 45.5 Å². The molecule has 2 aromatic carbocycles. The zero-order valence-electron chi connectivity index (χ0n) is 43.6. The first-order valence-electron chi connectivity index (χ1n) is 25.5. The Bertz CT molecular complexity index is 2800. The molecule has 4 aromatic rings. The number of carboxylic acids is 1. The first kappa shape index (κ1) is 57.3. The predicted octanol–water partition coefficient (Wildman–Crippen LogP) is 1.82. The molecule has 2 aromatic heterocycles. The molecule has 3 aliphatic heterocycles. The summed E-state index contributed by atoms with van der Waals surface area (Å²) in [5, 5.41) is 53.3. The number of amides is 5. The van der Waals surface area contributed by atoms with E-state index in [0.29, 0.717) is 37.7 Å². The number of aliphatic hydroxyl groups is 3. The second-order valence-electron chi connectivity index (χ2n) is 19.2. The number of aromatic nitrogens is 3. The molecule has 0 spiro atoms. The van der Waals surface area contributed by atoms with Crippen molar-refractivity contribution in [2.24, 2.45) is 0 Å². The van der Waals surface area contributed by atoms with E-state index in [-0.39, 0.29) is 63.1 Å². The first-order chi connectivity index (χ1) is 36.8. The van der Waals surface area contributed by atoms with Crippen LogP contribution in [0.15, 0.2) is 66.9 Å². The molecule has 3 aliphatic rings. The maximum absolute atomic E-state index is 13.6. The van der Waals surface area contributed by atoms with E-state index in [1.807, 2.05) is 30.5 Å². The highest BCUT2D eigenvalue weighted by Crippen LogP contribution is 2.37. The van der Waals surface area contributed by atoms with Crippen molar-refractivity contribution in [2.75, 3.05) is 89.2 Å². The number of aliphatic carboxylic acids is 1. The molecule has 5 heterocycles. The van der Waals surface area contributed by atoms with Crippen LogP contribution in [0.25, 0.3) is 11.0 Å². The van der Waals surface area contributed by atoms with Gasteiger partial charge in [-0.05, 0) is 49.6 Å². The number of imide groups is 1. The van der Waals surface area contributed by atoms with Gasteiger partial charge < -0.3 is 75.3 Å². The number of unbranched alkanes of at least 4 members (excludes halogenated alkanes) is 2. The molecule has 25 heteroatoms. The van der Waals surface area contributed by atoms with E-state index in [1.165, 1.54) is 36.1 Å². The Labute approximate surface area is 444 Å². The predicted molar refractivity (Wildman–Crippen MR) is 277 cm³/mol. The van der Waals surface area contributed by atoms with Gasteiger partial charge in [0.15, 0.2) is 17.5 Å². The molecule has 0 aliphatic carbocycles. The van der Waals surface area contributed by atoms with Gasteiger partial charge in [-0.3, -0.25) is 29.0 Å². The van der Waals surface area contributed by atoms with Crippen LogP contribution in [-0.2, 0) is 51.3 Å². The lowest BCUT2D eigenvalue weighted by molar-refractivity contribution is -0.334. The second-order valence-corrected chi connectivity index (χ2v) is 19.2. The molecular formula is C52H68N10O15. The van der Waals surface area contributed by atoms with E-state index >= 15 is 0 Å². The van der Waals surface area contributed by atoms with Crippen molar-refractivity contribution in [2.45, 2.75) is 95.1 Å². The smallest absolute Gasteiger partial charge is 0.409 e. The minimum absolute atomic E-state index is 0.00627. The summed E-state index contributed by atoms with van der Waals surface area (Å²) in [5.41, 5.74) is 5.35. The molecule has 5 unspecified atom stereocenters. The number of anilines is 3. The maximum atomic E-state index is 13.6. The largest absolute Gasteiger partial charge is 0.496 e. The van der Waals surface area contributed by atoms with Gasteiger partial charge in [-0.1, -0.05) is 44.9 Å². The van der Waals surface area contributed by atoms with Crippen molar-refractivity contribution in [1.29, 1.82) is 0 Å². The molecule has 5 amide bonds. The van der Waals surface area contributed by atoms with Crippen molar-refractivity contribution in [3.05, 3.63) is 78.0 Å². The Morgan fingerprint density at radius 2 is 1.71 bits per heavy atom. The number of ether oxygens (including phenoxy) is 5. The molecule has 0 bridgehead atoms. The van der Waals surface area contributed by atoms with Crippen molar-refractivity contribution < 1.29 is 72.9 Å². The Hall–Kier alpha value is -7.42. The molecule has 5 atom stereocenters. The third-order valence-corrected chi connectivity index (χ3v) is 13.8. The van der Waals surface area contributed by atoms with E-state index in [2.05, 4.69) is 42.3 Å². The molecular weight excluding hydrogens is 1000 g/mol. The summed E-state index contributed by atoms with van der Waals surface area (Å²) in [6.07, 6.45) is 2.09. The zero-order chi connectivity index (χ0) is 55.5. The second kappa shape index (κ2) is 25.2. The van der Waals surface area contributed by atoms with Crippen LogP contribution in [0, 0.1) is 0 Å². The highest BCUT2D eigenvalue weighted by molar-refractivity contribution is 6.12. The Kier molecular flexibility index (Phi) is 18.7. The van der Waals surface area contributed by atoms with Crippen LogP contribution in [0.2, 0.25) is 0 Å². The maximum Gasteiger partial charge on any atom is 0.409 e.